The smallest absolute Gasteiger partial charge is 0.305 e. The Balaban J connectivity index is 3.48. The van der Waals surface area contributed by atoms with E-state index in [1.54, 1.807) is 0 Å². The zero-order valence-electron chi connectivity index (χ0n) is 9.62. The number of carbonyl (C=O) groups excluding carboxylic acids is 2. The van der Waals surface area contributed by atoms with Crippen molar-refractivity contribution in [3.63, 3.8) is 0 Å². The van der Waals surface area contributed by atoms with Gasteiger partial charge in [-0.15, -0.1) is 0 Å². The summed E-state index contributed by atoms with van der Waals surface area (Å²) in [6.07, 6.45) is 3.75. The van der Waals surface area contributed by atoms with Gasteiger partial charge < -0.3 is 10.5 Å². The average Bonchev–Trinajstić information content (AvgIpc) is 2.14. The summed E-state index contributed by atoms with van der Waals surface area (Å²) in [5.74, 6) is -0.526. The molecule has 1 amide bonds. The summed E-state index contributed by atoms with van der Waals surface area (Å²) in [5, 5.41) is 0. The molecule has 0 aliphatic carbocycles. The van der Waals surface area contributed by atoms with E-state index in [9.17, 15) is 9.59 Å². The van der Waals surface area contributed by atoms with Crippen molar-refractivity contribution in [2.24, 2.45) is 11.7 Å². The lowest BCUT2D eigenvalue weighted by atomic mass is 10.1. The predicted octanol–water partition coefficient (Wildman–Crippen LogP) is 1.62. The lowest BCUT2D eigenvalue weighted by Gasteiger charge is -2.09. The van der Waals surface area contributed by atoms with Gasteiger partial charge in [0.05, 0.1) is 6.61 Å². The van der Waals surface area contributed by atoms with E-state index < -0.39 is 0 Å². The first-order valence-corrected chi connectivity index (χ1v) is 5.50. The van der Waals surface area contributed by atoms with Crippen LogP contribution in [0.15, 0.2) is 0 Å². The van der Waals surface area contributed by atoms with Gasteiger partial charge in [-0.05, 0) is 12.3 Å². The highest BCUT2D eigenvalue weighted by atomic mass is 16.5. The molecule has 0 aliphatic heterocycles. The second-order valence-corrected chi connectivity index (χ2v) is 3.92. The molecule has 2 N–H and O–H groups in total. The van der Waals surface area contributed by atoms with Gasteiger partial charge in [0.1, 0.15) is 0 Å². The highest BCUT2D eigenvalue weighted by Crippen LogP contribution is 2.05. The summed E-state index contributed by atoms with van der Waals surface area (Å²) in [5.41, 5.74) is 5.02. The van der Waals surface area contributed by atoms with Gasteiger partial charge in [-0.3, -0.25) is 9.59 Å². The van der Waals surface area contributed by atoms with Crippen LogP contribution in [0.5, 0.6) is 0 Å². The second-order valence-electron chi connectivity index (χ2n) is 3.92. The topological polar surface area (TPSA) is 69.4 Å². The first kappa shape index (κ1) is 13.9. The Morgan fingerprint density at radius 1 is 1.33 bits per heavy atom. The third-order valence-electron chi connectivity index (χ3n) is 2.06. The summed E-state index contributed by atoms with van der Waals surface area (Å²) in [6, 6.07) is 0. The number of hydrogen-bond acceptors (Lipinski definition) is 3. The summed E-state index contributed by atoms with van der Waals surface area (Å²) < 4.78 is 5.00. The molecule has 0 bridgehead atoms. The van der Waals surface area contributed by atoms with Gasteiger partial charge in [0.15, 0.2) is 0 Å². The molecule has 15 heavy (non-hydrogen) atoms. The first-order chi connectivity index (χ1) is 7.06. The van der Waals surface area contributed by atoms with E-state index in [4.69, 9.17) is 10.5 Å². The highest BCUT2D eigenvalue weighted by Gasteiger charge is 2.09. The van der Waals surface area contributed by atoms with E-state index in [2.05, 4.69) is 6.92 Å². The van der Waals surface area contributed by atoms with Crippen molar-refractivity contribution in [3.8, 4) is 0 Å². The average molecular weight is 215 g/mol. The van der Waals surface area contributed by atoms with Crippen molar-refractivity contribution in [3.05, 3.63) is 0 Å². The standard InChI is InChI=1S/C11H21NO3/c1-3-4-5-6-11(14)15-8-9(2)7-10(12)13/h9H,3-8H2,1-2H3,(H2,12,13). The third-order valence-corrected chi connectivity index (χ3v) is 2.06. The molecule has 0 saturated heterocycles. The Hall–Kier alpha value is -1.06. The Morgan fingerprint density at radius 2 is 2.00 bits per heavy atom. The van der Waals surface area contributed by atoms with Gasteiger partial charge in [-0.2, -0.15) is 0 Å². The number of esters is 1. The van der Waals surface area contributed by atoms with Gasteiger partial charge in [0.2, 0.25) is 5.91 Å². The molecule has 1 atom stereocenters. The molecule has 0 heterocycles. The number of unbranched alkanes of at least 4 members (excludes halogenated alkanes) is 2. The number of hydrogen-bond donors (Lipinski definition) is 1. The molecule has 0 aromatic heterocycles. The molecule has 0 saturated carbocycles. The zero-order chi connectivity index (χ0) is 11.7. The number of nitrogens with two attached hydrogens (primary N) is 1. The lowest BCUT2D eigenvalue weighted by Crippen LogP contribution is -2.19. The van der Waals surface area contributed by atoms with Gasteiger partial charge in [-0.1, -0.05) is 26.7 Å². The van der Waals surface area contributed by atoms with Gasteiger partial charge >= 0.3 is 5.97 Å². The molecule has 0 aromatic carbocycles. The Labute approximate surface area is 91.2 Å². The van der Waals surface area contributed by atoms with Crippen LogP contribution in [0.2, 0.25) is 0 Å². The van der Waals surface area contributed by atoms with Gasteiger partial charge in [-0.25, -0.2) is 0 Å². The minimum atomic E-state index is -0.357. The van der Waals surface area contributed by atoms with Crippen LogP contribution in [0.3, 0.4) is 0 Å². The fraction of sp³-hybridized carbons (Fsp3) is 0.818. The van der Waals surface area contributed by atoms with Crippen LogP contribution in [-0.2, 0) is 14.3 Å². The number of primary amides is 1. The summed E-state index contributed by atoms with van der Waals surface area (Å²) in [4.78, 5) is 21.7. The molecule has 0 spiro atoms. The first-order valence-electron chi connectivity index (χ1n) is 5.50. The minimum absolute atomic E-state index is 0.0117. The van der Waals surface area contributed by atoms with E-state index >= 15 is 0 Å². The van der Waals surface area contributed by atoms with Gasteiger partial charge in [0.25, 0.3) is 0 Å². The summed E-state index contributed by atoms with van der Waals surface area (Å²) in [6.45, 7) is 4.21. The maximum absolute atomic E-state index is 11.2. The van der Waals surface area contributed by atoms with Crippen LogP contribution in [0.25, 0.3) is 0 Å². The number of carbonyl (C=O) groups is 2. The Morgan fingerprint density at radius 3 is 2.53 bits per heavy atom. The van der Waals surface area contributed by atoms with E-state index in [0.717, 1.165) is 19.3 Å². The monoisotopic (exact) mass is 215 g/mol. The van der Waals surface area contributed by atoms with Crippen LogP contribution < -0.4 is 5.73 Å². The van der Waals surface area contributed by atoms with Crippen molar-refractivity contribution in [2.45, 2.75) is 46.0 Å². The maximum Gasteiger partial charge on any atom is 0.305 e. The fourth-order valence-electron chi connectivity index (χ4n) is 1.23. The SMILES string of the molecule is CCCCCC(=O)OCC(C)CC(N)=O. The lowest BCUT2D eigenvalue weighted by molar-refractivity contribution is -0.145. The second kappa shape index (κ2) is 8.26. The molecule has 0 aromatic rings. The molecular formula is C11H21NO3. The van der Waals surface area contributed by atoms with Crippen molar-refractivity contribution in [2.75, 3.05) is 6.61 Å². The Bertz CT molecular complexity index is 204. The van der Waals surface area contributed by atoms with Crippen molar-refractivity contribution < 1.29 is 14.3 Å². The quantitative estimate of drug-likeness (QED) is 0.494. The summed E-state index contributed by atoms with van der Waals surface area (Å²) in [7, 11) is 0. The van der Waals surface area contributed by atoms with E-state index in [1.807, 2.05) is 6.92 Å². The largest absolute Gasteiger partial charge is 0.465 e. The molecule has 4 nitrogen and oxygen atoms in total. The molecule has 0 aliphatic rings. The fourth-order valence-corrected chi connectivity index (χ4v) is 1.23. The number of amides is 1. The third kappa shape index (κ3) is 9.25. The van der Waals surface area contributed by atoms with E-state index in [-0.39, 0.29) is 30.8 Å². The molecule has 0 rings (SSSR count). The predicted molar refractivity (Wildman–Crippen MR) is 58.1 cm³/mol. The molecule has 0 radical (unpaired) electrons. The van der Waals surface area contributed by atoms with Crippen molar-refractivity contribution in [1.29, 1.82) is 0 Å². The Kier molecular flexibility index (Phi) is 7.68. The van der Waals surface area contributed by atoms with E-state index in [0.29, 0.717) is 6.42 Å². The molecule has 1 unspecified atom stereocenters. The maximum atomic E-state index is 11.2. The van der Waals surface area contributed by atoms with Crippen molar-refractivity contribution in [1.82, 2.24) is 0 Å². The van der Waals surface area contributed by atoms with E-state index in [1.165, 1.54) is 0 Å². The van der Waals surface area contributed by atoms with Crippen LogP contribution in [0.1, 0.15) is 46.0 Å². The minimum Gasteiger partial charge on any atom is -0.465 e. The highest BCUT2D eigenvalue weighted by molar-refractivity contribution is 5.74. The number of ether oxygens (including phenoxy) is 1. The molecule has 0 fully saturated rings. The van der Waals surface area contributed by atoms with Crippen LogP contribution in [0, 0.1) is 5.92 Å². The normalized spacial score (nSPS) is 12.1. The van der Waals surface area contributed by atoms with Crippen LogP contribution in [0.4, 0.5) is 0 Å². The van der Waals surface area contributed by atoms with Crippen molar-refractivity contribution >= 4 is 11.9 Å². The molecule has 4 heteroatoms. The number of rotatable bonds is 8. The molecule has 88 valence electrons. The van der Waals surface area contributed by atoms with Crippen LogP contribution >= 0.6 is 0 Å². The molecular weight excluding hydrogens is 194 g/mol. The van der Waals surface area contributed by atoms with Crippen LogP contribution in [-0.4, -0.2) is 18.5 Å². The van der Waals surface area contributed by atoms with Gasteiger partial charge in [0, 0.05) is 12.8 Å². The summed E-state index contributed by atoms with van der Waals surface area (Å²) >= 11 is 0. The zero-order valence-corrected chi connectivity index (χ0v) is 9.62.